The first-order valence-electron chi connectivity index (χ1n) is 7.71. The van der Waals surface area contributed by atoms with Gasteiger partial charge < -0.3 is 0 Å². The third kappa shape index (κ3) is 3.08. The van der Waals surface area contributed by atoms with E-state index in [0.717, 1.165) is 0 Å². The Bertz CT molecular complexity index is 1080. The molecular formula is C17H14F3NO5S. The van der Waals surface area contributed by atoms with E-state index in [1.807, 2.05) is 20.8 Å². The van der Waals surface area contributed by atoms with Gasteiger partial charge in [0.2, 0.25) is 0 Å². The Kier molecular flexibility index (Phi) is 4.12. The molecule has 144 valence electrons. The van der Waals surface area contributed by atoms with Gasteiger partial charge in [-0.2, -0.15) is 21.6 Å². The number of alkyl halides is 3. The van der Waals surface area contributed by atoms with Crippen molar-refractivity contribution in [3.05, 3.63) is 47.0 Å². The van der Waals surface area contributed by atoms with E-state index in [1.54, 1.807) is 12.1 Å². The minimum Gasteiger partial charge on any atom is -0.266 e. The minimum atomic E-state index is -6.19. The molecule has 2 amide bonds. The second kappa shape index (κ2) is 5.77. The molecule has 6 nitrogen and oxygen atoms in total. The fraction of sp³-hybridized carbons (Fsp3) is 0.294. The van der Waals surface area contributed by atoms with Crippen LogP contribution in [0.5, 0.6) is 0 Å². The number of hydrogen-bond donors (Lipinski definition) is 0. The van der Waals surface area contributed by atoms with Crippen LogP contribution in [-0.4, -0.2) is 30.8 Å². The van der Waals surface area contributed by atoms with Crippen molar-refractivity contribution < 1.29 is 35.5 Å². The number of imide groups is 1. The van der Waals surface area contributed by atoms with Crippen LogP contribution in [0.15, 0.2) is 30.3 Å². The van der Waals surface area contributed by atoms with Crippen molar-refractivity contribution >= 4 is 32.7 Å². The number of nitrogens with zero attached hydrogens (tertiary/aromatic N) is 1. The Morgan fingerprint density at radius 3 is 2.11 bits per heavy atom. The van der Waals surface area contributed by atoms with Gasteiger partial charge in [-0.15, -0.1) is 9.35 Å². The van der Waals surface area contributed by atoms with Gasteiger partial charge in [-0.05, 0) is 28.5 Å². The number of hydroxylamine groups is 2. The summed E-state index contributed by atoms with van der Waals surface area (Å²) in [7, 11) is -6.19. The number of amides is 2. The standard InChI is InChI=1S/C17H14F3NO5S/c1-16(2,3)10-7-9-5-4-6-11-13(9)12(8-10)15(23)21(14(11)22)26-27(24,25)17(18,19)20/h4-8H,1-3H3. The average Bonchev–Trinajstić information content (AvgIpc) is 2.54. The molecule has 1 aliphatic heterocycles. The van der Waals surface area contributed by atoms with Crippen LogP contribution in [0.2, 0.25) is 0 Å². The van der Waals surface area contributed by atoms with E-state index >= 15 is 0 Å². The van der Waals surface area contributed by atoms with Crippen LogP contribution in [0.1, 0.15) is 47.1 Å². The summed E-state index contributed by atoms with van der Waals surface area (Å²) in [5, 5.41) is 0.423. The molecule has 2 aromatic carbocycles. The van der Waals surface area contributed by atoms with Crippen molar-refractivity contribution in [2.24, 2.45) is 0 Å². The van der Waals surface area contributed by atoms with Crippen molar-refractivity contribution in [2.75, 3.05) is 0 Å². The van der Waals surface area contributed by atoms with Gasteiger partial charge in [-0.1, -0.05) is 39.0 Å². The molecule has 3 rings (SSSR count). The number of hydrogen-bond acceptors (Lipinski definition) is 5. The van der Waals surface area contributed by atoms with Crippen LogP contribution < -0.4 is 0 Å². The maximum atomic E-state index is 12.6. The molecule has 0 aliphatic carbocycles. The second-order valence-electron chi connectivity index (χ2n) is 7.06. The zero-order chi connectivity index (χ0) is 20.4. The predicted molar refractivity (Wildman–Crippen MR) is 89.2 cm³/mol. The summed E-state index contributed by atoms with van der Waals surface area (Å²) in [4.78, 5) is 25.1. The van der Waals surface area contributed by atoms with E-state index in [-0.39, 0.29) is 21.6 Å². The van der Waals surface area contributed by atoms with Gasteiger partial charge in [0.15, 0.2) is 0 Å². The van der Waals surface area contributed by atoms with Crippen LogP contribution >= 0.6 is 0 Å². The molecule has 0 unspecified atom stereocenters. The number of rotatable bonds is 2. The minimum absolute atomic E-state index is 0.106. The topological polar surface area (TPSA) is 80.8 Å². The van der Waals surface area contributed by atoms with Crippen molar-refractivity contribution in [3.63, 3.8) is 0 Å². The monoisotopic (exact) mass is 401 g/mol. The lowest BCUT2D eigenvalue weighted by Gasteiger charge is -2.28. The Morgan fingerprint density at radius 1 is 0.963 bits per heavy atom. The van der Waals surface area contributed by atoms with Crippen LogP contribution in [0.4, 0.5) is 13.2 Å². The first kappa shape index (κ1) is 19.3. The van der Waals surface area contributed by atoms with E-state index in [9.17, 15) is 31.2 Å². The summed E-state index contributed by atoms with van der Waals surface area (Å²) in [6, 6.07) is 7.62. The van der Waals surface area contributed by atoms with E-state index < -0.39 is 32.9 Å². The number of carbonyl (C=O) groups excluding carboxylic acids is 2. The second-order valence-corrected chi connectivity index (χ2v) is 8.58. The Balaban J connectivity index is 2.22. The molecular weight excluding hydrogens is 387 g/mol. The van der Waals surface area contributed by atoms with Gasteiger partial charge >= 0.3 is 15.6 Å². The molecule has 0 saturated heterocycles. The summed E-state index contributed by atoms with van der Waals surface area (Å²) in [5.74, 6) is -2.56. The van der Waals surface area contributed by atoms with Gasteiger partial charge in [0.1, 0.15) is 0 Å². The lowest BCUT2D eigenvalue weighted by atomic mass is 9.83. The van der Waals surface area contributed by atoms with Crippen LogP contribution in [-0.2, 0) is 19.8 Å². The van der Waals surface area contributed by atoms with Crippen molar-refractivity contribution in [2.45, 2.75) is 31.7 Å². The smallest absolute Gasteiger partial charge is 0.266 e. The highest BCUT2D eigenvalue weighted by atomic mass is 32.2. The molecule has 2 aromatic rings. The normalized spacial score (nSPS) is 15.6. The molecule has 1 aliphatic rings. The quantitative estimate of drug-likeness (QED) is 0.568. The largest absolute Gasteiger partial charge is 0.525 e. The molecule has 1 heterocycles. The Labute approximate surface area is 152 Å². The summed E-state index contributed by atoms with van der Waals surface area (Å²) in [6.07, 6.45) is 0. The van der Waals surface area contributed by atoms with Gasteiger partial charge in [0, 0.05) is 5.39 Å². The molecule has 0 bridgehead atoms. The third-order valence-corrected chi connectivity index (χ3v) is 5.04. The predicted octanol–water partition coefficient (Wildman–Crippen LogP) is 3.51. The lowest BCUT2D eigenvalue weighted by Crippen LogP contribution is -2.44. The summed E-state index contributed by atoms with van der Waals surface area (Å²) in [6.45, 7) is 5.60. The van der Waals surface area contributed by atoms with E-state index in [4.69, 9.17) is 0 Å². The Hall–Kier alpha value is -2.46. The molecule has 10 heteroatoms. The van der Waals surface area contributed by atoms with Crippen molar-refractivity contribution in [3.8, 4) is 0 Å². The average molecular weight is 401 g/mol. The molecule has 0 N–H and O–H groups in total. The zero-order valence-electron chi connectivity index (χ0n) is 14.4. The van der Waals surface area contributed by atoms with Crippen LogP contribution in [0, 0.1) is 0 Å². The number of carbonyl (C=O) groups is 2. The van der Waals surface area contributed by atoms with E-state index in [2.05, 4.69) is 4.28 Å². The van der Waals surface area contributed by atoms with Crippen molar-refractivity contribution in [1.29, 1.82) is 0 Å². The van der Waals surface area contributed by atoms with Crippen LogP contribution in [0.25, 0.3) is 10.8 Å². The lowest BCUT2D eigenvalue weighted by molar-refractivity contribution is -0.0761. The maximum Gasteiger partial charge on any atom is 0.525 e. The summed E-state index contributed by atoms with van der Waals surface area (Å²) in [5.41, 5.74) is -5.74. The molecule has 27 heavy (non-hydrogen) atoms. The zero-order valence-corrected chi connectivity index (χ0v) is 15.2. The maximum absolute atomic E-state index is 12.6. The molecule has 0 fully saturated rings. The number of halogens is 3. The van der Waals surface area contributed by atoms with Gasteiger partial charge in [-0.3, -0.25) is 9.59 Å². The molecule has 0 atom stereocenters. The SMILES string of the molecule is CC(C)(C)c1cc2c3c(cccc3c1)C(=O)N(OS(=O)(=O)C(F)(F)F)C2=O. The van der Waals surface area contributed by atoms with Crippen LogP contribution in [0.3, 0.4) is 0 Å². The van der Waals surface area contributed by atoms with E-state index in [1.165, 1.54) is 18.2 Å². The molecule has 0 spiro atoms. The third-order valence-electron chi connectivity index (χ3n) is 4.13. The summed E-state index contributed by atoms with van der Waals surface area (Å²) >= 11 is 0. The highest BCUT2D eigenvalue weighted by molar-refractivity contribution is 7.87. The molecule has 0 aromatic heterocycles. The number of benzene rings is 2. The summed E-state index contributed by atoms with van der Waals surface area (Å²) < 4.78 is 64.3. The van der Waals surface area contributed by atoms with Crippen molar-refractivity contribution in [1.82, 2.24) is 5.06 Å². The van der Waals surface area contributed by atoms with Gasteiger partial charge in [-0.25, -0.2) is 0 Å². The molecule has 0 radical (unpaired) electrons. The first-order chi connectivity index (χ1) is 12.2. The highest BCUT2D eigenvalue weighted by Crippen LogP contribution is 2.36. The fourth-order valence-electron chi connectivity index (χ4n) is 2.73. The molecule has 0 saturated carbocycles. The Morgan fingerprint density at radius 2 is 1.56 bits per heavy atom. The first-order valence-corrected chi connectivity index (χ1v) is 9.12. The van der Waals surface area contributed by atoms with Gasteiger partial charge in [0.25, 0.3) is 11.8 Å². The highest BCUT2D eigenvalue weighted by Gasteiger charge is 2.51. The fourth-order valence-corrected chi connectivity index (χ4v) is 3.14. The van der Waals surface area contributed by atoms with E-state index in [0.29, 0.717) is 10.9 Å². The van der Waals surface area contributed by atoms with Gasteiger partial charge in [0.05, 0.1) is 11.1 Å².